The molecule has 188 valence electrons. The molecule has 3 rings (SSSR count). The van der Waals surface area contributed by atoms with Crippen LogP contribution in [0.5, 0.6) is 5.75 Å². The van der Waals surface area contributed by atoms with Gasteiger partial charge in [0.2, 0.25) is 17.7 Å². The molecule has 0 saturated heterocycles. The smallest absolute Gasteiger partial charge is 0.255 e. The van der Waals surface area contributed by atoms with Crippen LogP contribution in [0.1, 0.15) is 40.3 Å². The zero-order chi connectivity index (χ0) is 25.2. The molecule has 2 heterocycles. The summed E-state index contributed by atoms with van der Waals surface area (Å²) in [6, 6.07) is 5.57. The summed E-state index contributed by atoms with van der Waals surface area (Å²) in [6.45, 7) is 2.97. The molecule has 11 heteroatoms. The Morgan fingerprint density at radius 3 is 2.86 bits per heavy atom. The summed E-state index contributed by atoms with van der Waals surface area (Å²) in [4.78, 5) is 56.6. The lowest BCUT2D eigenvalue weighted by Gasteiger charge is -2.19. The number of likely N-dealkylation sites (N-methyl/N-ethyl adjacent to an activating group) is 1. The maximum atomic E-state index is 13.0. The number of ether oxygens (including phenoxy) is 1. The molecule has 0 unspecified atom stereocenters. The topological polar surface area (TPSA) is 130 Å². The number of hydrogen-bond acceptors (Lipinski definition) is 7. The molecule has 10 nitrogen and oxygen atoms in total. The Balaban J connectivity index is 1.69. The number of rotatable bonds is 5. The Kier molecular flexibility index (Phi) is 9.59. The molecular weight excluding hydrogens is 470 g/mol. The van der Waals surface area contributed by atoms with Gasteiger partial charge in [-0.1, -0.05) is 12.1 Å². The van der Waals surface area contributed by atoms with Gasteiger partial charge in [0.05, 0.1) is 23.5 Å². The molecule has 35 heavy (non-hydrogen) atoms. The molecule has 1 aromatic heterocycles. The van der Waals surface area contributed by atoms with Gasteiger partial charge in [-0.2, -0.15) is 0 Å². The van der Waals surface area contributed by atoms with Gasteiger partial charge in [-0.15, -0.1) is 11.3 Å². The monoisotopic (exact) mass is 501 g/mol. The summed E-state index contributed by atoms with van der Waals surface area (Å²) in [7, 11) is 1.65. The first-order valence-electron chi connectivity index (χ1n) is 11.6. The predicted molar refractivity (Wildman–Crippen MR) is 131 cm³/mol. The summed E-state index contributed by atoms with van der Waals surface area (Å²) in [6.07, 6.45) is 1.27. The van der Waals surface area contributed by atoms with E-state index in [1.807, 2.05) is 12.3 Å². The summed E-state index contributed by atoms with van der Waals surface area (Å²) in [5.41, 5.74) is 1.21. The Labute approximate surface area is 208 Å². The number of para-hydroxylation sites is 1. The van der Waals surface area contributed by atoms with Gasteiger partial charge in [0.25, 0.3) is 5.91 Å². The lowest BCUT2D eigenvalue weighted by atomic mass is 10.1. The van der Waals surface area contributed by atoms with Gasteiger partial charge in [0.1, 0.15) is 18.4 Å². The fourth-order valence-electron chi connectivity index (χ4n) is 3.49. The molecule has 0 saturated carbocycles. The van der Waals surface area contributed by atoms with Crippen molar-refractivity contribution in [2.24, 2.45) is 0 Å². The van der Waals surface area contributed by atoms with Gasteiger partial charge in [0, 0.05) is 44.1 Å². The van der Waals surface area contributed by atoms with E-state index >= 15 is 0 Å². The first kappa shape index (κ1) is 26.1. The number of hydrogen-bond donors (Lipinski definition) is 3. The zero-order valence-corrected chi connectivity index (χ0v) is 20.8. The fourth-order valence-corrected chi connectivity index (χ4v) is 4.31. The average Bonchev–Trinajstić information content (AvgIpc) is 3.25. The van der Waals surface area contributed by atoms with Crippen molar-refractivity contribution in [2.75, 3.05) is 33.3 Å². The van der Waals surface area contributed by atoms with Gasteiger partial charge in [-0.05, 0) is 25.5 Å². The normalized spacial score (nSPS) is 17.8. The molecule has 0 fully saturated rings. The SMILES string of the molecule is Cc1csc(CCCNC(=O)[C@@H]2CC(=O)NCCC(=O)N(C)CCOc3ccccc3C(=O)N2)n1. The highest BCUT2D eigenvalue weighted by atomic mass is 32.1. The summed E-state index contributed by atoms with van der Waals surface area (Å²) in [5.74, 6) is -1.22. The Bertz CT molecular complexity index is 1060. The van der Waals surface area contributed by atoms with Crippen molar-refractivity contribution >= 4 is 35.0 Å². The van der Waals surface area contributed by atoms with E-state index in [2.05, 4.69) is 20.9 Å². The molecule has 0 aliphatic carbocycles. The third kappa shape index (κ3) is 8.06. The minimum Gasteiger partial charge on any atom is -0.491 e. The maximum absolute atomic E-state index is 13.0. The number of benzene rings is 1. The summed E-state index contributed by atoms with van der Waals surface area (Å²) < 4.78 is 5.75. The number of nitrogens with zero attached hydrogens (tertiary/aromatic N) is 2. The van der Waals surface area contributed by atoms with E-state index in [9.17, 15) is 19.2 Å². The molecule has 1 aliphatic rings. The number of thiazole rings is 1. The first-order valence-corrected chi connectivity index (χ1v) is 12.4. The van der Waals surface area contributed by atoms with Gasteiger partial charge < -0.3 is 25.6 Å². The number of carbonyl (C=O) groups excluding carboxylic acids is 4. The van der Waals surface area contributed by atoms with E-state index in [0.717, 1.165) is 17.1 Å². The van der Waals surface area contributed by atoms with Crippen molar-refractivity contribution in [2.45, 2.75) is 38.6 Å². The molecule has 1 aromatic carbocycles. The van der Waals surface area contributed by atoms with Crippen LogP contribution in [0.3, 0.4) is 0 Å². The Morgan fingerprint density at radius 1 is 1.29 bits per heavy atom. The van der Waals surface area contributed by atoms with E-state index < -0.39 is 23.8 Å². The zero-order valence-electron chi connectivity index (χ0n) is 20.0. The van der Waals surface area contributed by atoms with Gasteiger partial charge >= 0.3 is 0 Å². The number of aromatic nitrogens is 1. The third-order valence-electron chi connectivity index (χ3n) is 5.45. The van der Waals surface area contributed by atoms with Gasteiger partial charge in [-0.25, -0.2) is 4.98 Å². The fraction of sp³-hybridized carbons (Fsp3) is 0.458. The molecule has 1 aliphatic heterocycles. The quantitative estimate of drug-likeness (QED) is 0.525. The second kappa shape index (κ2) is 12.8. The highest BCUT2D eigenvalue weighted by Crippen LogP contribution is 2.18. The Hall–Kier alpha value is -3.47. The van der Waals surface area contributed by atoms with Gasteiger partial charge in [-0.3, -0.25) is 19.2 Å². The van der Waals surface area contributed by atoms with E-state index in [4.69, 9.17) is 4.74 Å². The van der Waals surface area contributed by atoms with Crippen LogP contribution in [0.2, 0.25) is 0 Å². The molecule has 1 atom stereocenters. The van der Waals surface area contributed by atoms with Crippen LogP contribution in [-0.2, 0) is 20.8 Å². The molecule has 0 radical (unpaired) electrons. The van der Waals surface area contributed by atoms with Crippen LogP contribution < -0.4 is 20.7 Å². The van der Waals surface area contributed by atoms with Crippen molar-refractivity contribution in [3.63, 3.8) is 0 Å². The number of carbonyl (C=O) groups is 4. The van der Waals surface area contributed by atoms with Crippen molar-refractivity contribution in [3.8, 4) is 5.75 Å². The second-order valence-electron chi connectivity index (χ2n) is 8.27. The summed E-state index contributed by atoms with van der Waals surface area (Å²) >= 11 is 1.58. The molecule has 4 amide bonds. The van der Waals surface area contributed by atoms with E-state index in [1.165, 1.54) is 4.90 Å². The maximum Gasteiger partial charge on any atom is 0.255 e. The number of aryl methyl sites for hydroxylation is 2. The lowest BCUT2D eigenvalue weighted by molar-refractivity contribution is -0.131. The van der Waals surface area contributed by atoms with Gasteiger partial charge in [0.15, 0.2) is 0 Å². The highest BCUT2D eigenvalue weighted by molar-refractivity contribution is 7.09. The third-order valence-corrected chi connectivity index (χ3v) is 6.47. The van der Waals surface area contributed by atoms with Crippen LogP contribution in [0.15, 0.2) is 29.6 Å². The van der Waals surface area contributed by atoms with E-state index in [-0.39, 0.29) is 37.5 Å². The molecule has 0 bridgehead atoms. The van der Waals surface area contributed by atoms with Crippen molar-refractivity contribution < 1.29 is 23.9 Å². The lowest BCUT2D eigenvalue weighted by Crippen LogP contribution is -2.49. The van der Waals surface area contributed by atoms with Crippen LogP contribution in [0.25, 0.3) is 0 Å². The summed E-state index contributed by atoms with van der Waals surface area (Å²) in [5, 5.41) is 11.1. The highest BCUT2D eigenvalue weighted by Gasteiger charge is 2.26. The standard InChI is InChI=1S/C24H31N5O5S/c1-16-15-35-21(27-16)8-5-10-26-24(33)18-14-20(30)25-11-9-22(31)29(2)12-13-34-19-7-4-3-6-17(19)23(32)28-18/h3-4,6-7,15,18H,5,8-14H2,1-2H3,(H,25,30)(H,26,33)(H,28,32)/t18-/m0/s1. The molecule has 2 aromatic rings. The number of nitrogens with one attached hydrogen (secondary N) is 3. The van der Waals surface area contributed by atoms with Crippen molar-refractivity contribution in [1.29, 1.82) is 0 Å². The van der Waals surface area contributed by atoms with E-state index in [1.54, 1.807) is 42.6 Å². The second-order valence-corrected chi connectivity index (χ2v) is 9.21. The van der Waals surface area contributed by atoms with Crippen LogP contribution in [0, 0.1) is 6.92 Å². The van der Waals surface area contributed by atoms with Crippen molar-refractivity contribution in [1.82, 2.24) is 25.8 Å². The first-order chi connectivity index (χ1) is 16.8. The van der Waals surface area contributed by atoms with Crippen LogP contribution in [0.4, 0.5) is 0 Å². The molecule has 0 spiro atoms. The average molecular weight is 502 g/mol. The van der Waals surface area contributed by atoms with E-state index in [0.29, 0.717) is 25.3 Å². The molecule has 3 N–H and O–H groups in total. The predicted octanol–water partition coefficient (Wildman–Crippen LogP) is 1.05. The Morgan fingerprint density at radius 2 is 2.09 bits per heavy atom. The minimum absolute atomic E-state index is 0.123. The molecular formula is C24H31N5O5S. The number of amides is 4. The number of fused-ring (bicyclic) bond motifs is 1. The van der Waals surface area contributed by atoms with Crippen LogP contribution >= 0.6 is 11.3 Å². The largest absolute Gasteiger partial charge is 0.491 e. The van der Waals surface area contributed by atoms with Crippen LogP contribution in [-0.4, -0.2) is 72.8 Å². The van der Waals surface area contributed by atoms with Crippen molar-refractivity contribution in [3.05, 3.63) is 45.9 Å². The minimum atomic E-state index is -1.08.